The van der Waals surface area contributed by atoms with Crippen molar-refractivity contribution >= 4 is 10.9 Å². The van der Waals surface area contributed by atoms with Gasteiger partial charge in [0.25, 0.3) is 0 Å². The molecule has 1 heterocycles. The normalized spacial score (nSPS) is 12.5. The van der Waals surface area contributed by atoms with E-state index in [0.717, 1.165) is 22.9 Å². The molecule has 3 rings (SSSR count). The number of aromatic nitrogens is 1. The molecule has 1 unspecified atom stereocenters. The molecule has 2 N–H and O–H groups in total. The third kappa shape index (κ3) is 2.56. The van der Waals surface area contributed by atoms with Gasteiger partial charge in [0.1, 0.15) is 0 Å². The van der Waals surface area contributed by atoms with Crippen molar-refractivity contribution in [1.29, 1.82) is 0 Å². The van der Waals surface area contributed by atoms with Crippen molar-refractivity contribution in [2.75, 3.05) is 0 Å². The summed E-state index contributed by atoms with van der Waals surface area (Å²) in [6, 6.07) is 18.7. The number of hydrogen-bond donors (Lipinski definition) is 1. The van der Waals surface area contributed by atoms with Gasteiger partial charge in [-0.25, -0.2) is 0 Å². The van der Waals surface area contributed by atoms with Crippen molar-refractivity contribution in [3.63, 3.8) is 0 Å². The van der Waals surface area contributed by atoms with Crippen LogP contribution in [0.15, 0.2) is 60.8 Å². The predicted molar refractivity (Wildman–Crippen MR) is 83.6 cm³/mol. The Morgan fingerprint density at radius 1 is 1.05 bits per heavy atom. The summed E-state index contributed by atoms with van der Waals surface area (Å²) in [7, 11) is 0. The van der Waals surface area contributed by atoms with Crippen molar-refractivity contribution in [2.45, 2.75) is 19.4 Å². The van der Waals surface area contributed by atoms with E-state index in [9.17, 15) is 0 Å². The highest BCUT2D eigenvalue weighted by Gasteiger charge is 2.09. The Labute approximate surface area is 119 Å². The zero-order chi connectivity index (χ0) is 13.9. The van der Waals surface area contributed by atoms with E-state index in [1.54, 1.807) is 0 Å². The van der Waals surface area contributed by atoms with E-state index in [2.05, 4.69) is 60.4 Å². The van der Waals surface area contributed by atoms with Crippen LogP contribution in [0.1, 0.15) is 22.7 Å². The Morgan fingerprint density at radius 3 is 2.75 bits per heavy atom. The summed E-state index contributed by atoms with van der Waals surface area (Å²) in [6.07, 6.45) is 2.67. The van der Waals surface area contributed by atoms with Crippen LogP contribution in [0, 0.1) is 6.92 Å². The molecule has 3 aromatic rings. The minimum Gasteiger partial charge on any atom is -0.324 e. The lowest BCUT2D eigenvalue weighted by Crippen LogP contribution is -2.14. The summed E-state index contributed by atoms with van der Waals surface area (Å²) in [6.45, 7) is 2.13. The number of pyridine rings is 1. The third-order valence-electron chi connectivity index (χ3n) is 3.76. The molecular formula is C18H18N2. The van der Waals surface area contributed by atoms with Gasteiger partial charge in [0.15, 0.2) is 0 Å². The molecule has 2 heteroatoms. The fraction of sp³-hybridized carbons (Fsp3) is 0.167. The number of hydrogen-bond acceptors (Lipinski definition) is 2. The number of rotatable bonds is 3. The molecule has 2 aromatic carbocycles. The number of nitrogens with two attached hydrogens (primary N) is 1. The van der Waals surface area contributed by atoms with Crippen molar-refractivity contribution in [1.82, 2.24) is 4.98 Å². The summed E-state index contributed by atoms with van der Waals surface area (Å²) in [4.78, 5) is 4.39. The average molecular weight is 262 g/mol. The van der Waals surface area contributed by atoms with Gasteiger partial charge in [-0.1, -0.05) is 42.5 Å². The minimum atomic E-state index is 0.00232. The van der Waals surface area contributed by atoms with E-state index in [1.807, 2.05) is 12.3 Å². The Kier molecular flexibility index (Phi) is 3.48. The fourth-order valence-corrected chi connectivity index (χ4v) is 2.51. The van der Waals surface area contributed by atoms with Gasteiger partial charge in [0, 0.05) is 17.6 Å². The van der Waals surface area contributed by atoms with E-state index in [-0.39, 0.29) is 6.04 Å². The number of benzene rings is 2. The van der Waals surface area contributed by atoms with Crippen LogP contribution >= 0.6 is 0 Å². The zero-order valence-corrected chi connectivity index (χ0v) is 11.6. The molecule has 0 saturated carbocycles. The van der Waals surface area contributed by atoms with Crippen LogP contribution in [0.2, 0.25) is 0 Å². The van der Waals surface area contributed by atoms with Gasteiger partial charge in [-0.3, -0.25) is 4.98 Å². The van der Waals surface area contributed by atoms with Gasteiger partial charge in [-0.05, 0) is 42.2 Å². The Balaban J connectivity index is 1.89. The lowest BCUT2D eigenvalue weighted by molar-refractivity contribution is 0.719. The lowest BCUT2D eigenvalue weighted by atomic mass is 9.96. The summed E-state index contributed by atoms with van der Waals surface area (Å²) >= 11 is 0. The van der Waals surface area contributed by atoms with Gasteiger partial charge in [-0.2, -0.15) is 0 Å². The monoisotopic (exact) mass is 262 g/mol. The summed E-state index contributed by atoms with van der Waals surface area (Å²) < 4.78 is 0. The van der Waals surface area contributed by atoms with Crippen LogP contribution in [0.3, 0.4) is 0 Å². The zero-order valence-electron chi connectivity index (χ0n) is 11.6. The molecule has 0 radical (unpaired) electrons. The molecule has 0 saturated heterocycles. The lowest BCUT2D eigenvalue weighted by Gasteiger charge is -2.14. The second kappa shape index (κ2) is 5.43. The quantitative estimate of drug-likeness (QED) is 0.780. The molecule has 0 amide bonds. The molecule has 0 aliphatic carbocycles. The Hall–Kier alpha value is -2.19. The molecule has 100 valence electrons. The van der Waals surface area contributed by atoms with Gasteiger partial charge < -0.3 is 5.73 Å². The molecule has 1 aromatic heterocycles. The molecule has 0 fully saturated rings. The topological polar surface area (TPSA) is 38.9 Å². The fourth-order valence-electron chi connectivity index (χ4n) is 2.51. The maximum Gasteiger partial charge on any atom is 0.0705 e. The molecular weight excluding hydrogens is 244 g/mol. The van der Waals surface area contributed by atoms with E-state index in [0.29, 0.717) is 0 Å². The second-order valence-electron chi connectivity index (χ2n) is 5.19. The smallest absolute Gasteiger partial charge is 0.0705 e. The standard InChI is InChI=1S/C18H18N2/c1-13-5-2-3-6-15(13)11-17(19)16-9-8-14-7-4-10-20-18(14)12-16/h2-10,12,17H,11,19H2,1H3. The first-order valence-corrected chi connectivity index (χ1v) is 6.89. The first kappa shape index (κ1) is 12.8. The van der Waals surface area contributed by atoms with Crippen LogP contribution in [0.4, 0.5) is 0 Å². The largest absolute Gasteiger partial charge is 0.324 e. The first-order chi connectivity index (χ1) is 9.74. The van der Waals surface area contributed by atoms with Gasteiger partial charge >= 0.3 is 0 Å². The maximum atomic E-state index is 6.36. The van der Waals surface area contributed by atoms with E-state index < -0.39 is 0 Å². The van der Waals surface area contributed by atoms with E-state index in [1.165, 1.54) is 11.1 Å². The van der Waals surface area contributed by atoms with E-state index >= 15 is 0 Å². The molecule has 0 bridgehead atoms. The SMILES string of the molecule is Cc1ccccc1CC(N)c1ccc2cccnc2c1. The van der Waals surface area contributed by atoms with Gasteiger partial charge in [-0.15, -0.1) is 0 Å². The highest BCUT2D eigenvalue weighted by Crippen LogP contribution is 2.21. The molecule has 0 spiro atoms. The molecule has 20 heavy (non-hydrogen) atoms. The number of fused-ring (bicyclic) bond motifs is 1. The number of aryl methyl sites for hydroxylation is 1. The van der Waals surface area contributed by atoms with Crippen molar-refractivity contribution < 1.29 is 0 Å². The highest BCUT2D eigenvalue weighted by atomic mass is 14.7. The minimum absolute atomic E-state index is 0.00232. The maximum absolute atomic E-state index is 6.36. The van der Waals surface area contributed by atoms with E-state index in [4.69, 9.17) is 5.73 Å². The van der Waals surface area contributed by atoms with Crippen molar-refractivity contribution in [2.24, 2.45) is 5.73 Å². The summed E-state index contributed by atoms with van der Waals surface area (Å²) in [5, 5.41) is 1.15. The van der Waals surface area contributed by atoms with Crippen LogP contribution in [0.5, 0.6) is 0 Å². The van der Waals surface area contributed by atoms with Gasteiger partial charge in [0.05, 0.1) is 5.52 Å². The Morgan fingerprint density at radius 2 is 1.90 bits per heavy atom. The summed E-state index contributed by atoms with van der Waals surface area (Å²) in [5.41, 5.74) is 11.1. The first-order valence-electron chi connectivity index (χ1n) is 6.89. The molecule has 1 atom stereocenters. The highest BCUT2D eigenvalue weighted by molar-refractivity contribution is 5.79. The molecule has 2 nitrogen and oxygen atoms in total. The second-order valence-corrected chi connectivity index (χ2v) is 5.19. The van der Waals surface area contributed by atoms with Gasteiger partial charge in [0.2, 0.25) is 0 Å². The van der Waals surface area contributed by atoms with Crippen LogP contribution < -0.4 is 5.73 Å². The van der Waals surface area contributed by atoms with Crippen molar-refractivity contribution in [3.05, 3.63) is 77.5 Å². The third-order valence-corrected chi connectivity index (χ3v) is 3.76. The predicted octanol–water partition coefficient (Wildman–Crippen LogP) is 3.79. The van der Waals surface area contributed by atoms with Crippen molar-refractivity contribution in [3.8, 4) is 0 Å². The van der Waals surface area contributed by atoms with Crippen LogP contribution in [-0.2, 0) is 6.42 Å². The Bertz CT molecular complexity index is 734. The molecule has 0 aliphatic heterocycles. The average Bonchev–Trinajstić information content (AvgIpc) is 2.49. The summed E-state index contributed by atoms with van der Waals surface area (Å²) in [5.74, 6) is 0. The molecule has 0 aliphatic rings. The van der Waals surface area contributed by atoms with Crippen LogP contribution in [0.25, 0.3) is 10.9 Å². The van der Waals surface area contributed by atoms with Crippen LogP contribution in [-0.4, -0.2) is 4.98 Å². The number of nitrogens with zero attached hydrogens (tertiary/aromatic N) is 1.